The first kappa shape index (κ1) is 28.9. The van der Waals surface area contributed by atoms with Crippen molar-refractivity contribution in [1.29, 1.82) is 0 Å². The smallest absolute Gasteiger partial charge is 0.333 e. The molecular weight excluding hydrogens is 436 g/mol. The highest BCUT2D eigenvalue weighted by Gasteiger charge is 2.40. The average molecular weight is 479 g/mol. The SMILES string of the molecule is C=C(/C=C(\C)[C@@H]1CCC[C@@H](OC(C)=O)[C@H]1CC(=O)/C=C(\C)C(=O)OC)O[Si](C)(C)C(C)(C)C. The number of ether oxygens (including phenoxy) is 2. The second-order valence-electron chi connectivity index (χ2n) is 10.6. The van der Waals surface area contributed by atoms with Crippen molar-refractivity contribution in [3.8, 4) is 0 Å². The summed E-state index contributed by atoms with van der Waals surface area (Å²) in [4.78, 5) is 36.2. The van der Waals surface area contributed by atoms with Gasteiger partial charge < -0.3 is 13.9 Å². The summed E-state index contributed by atoms with van der Waals surface area (Å²) in [6.07, 6.45) is 5.60. The van der Waals surface area contributed by atoms with Crippen LogP contribution in [0, 0.1) is 11.8 Å². The van der Waals surface area contributed by atoms with Crippen LogP contribution in [0.3, 0.4) is 0 Å². The molecule has 0 unspecified atom stereocenters. The lowest BCUT2D eigenvalue weighted by molar-refractivity contribution is -0.153. The van der Waals surface area contributed by atoms with Crippen molar-refractivity contribution < 1.29 is 28.3 Å². The van der Waals surface area contributed by atoms with E-state index < -0.39 is 14.3 Å². The van der Waals surface area contributed by atoms with Gasteiger partial charge in [-0.25, -0.2) is 4.79 Å². The van der Waals surface area contributed by atoms with Gasteiger partial charge in [0.1, 0.15) is 6.10 Å². The molecule has 1 saturated carbocycles. The molecule has 0 aromatic rings. The first-order valence-corrected chi connectivity index (χ1v) is 14.5. The molecule has 0 aliphatic heterocycles. The molecule has 33 heavy (non-hydrogen) atoms. The molecule has 7 heteroatoms. The molecule has 0 radical (unpaired) electrons. The number of ketones is 1. The summed E-state index contributed by atoms with van der Waals surface area (Å²) in [6.45, 7) is 20.0. The zero-order valence-corrected chi connectivity index (χ0v) is 22.9. The topological polar surface area (TPSA) is 78.9 Å². The molecule has 0 amide bonds. The predicted octanol–water partition coefficient (Wildman–Crippen LogP) is 5.89. The summed E-state index contributed by atoms with van der Waals surface area (Å²) >= 11 is 0. The van der Waals surface area contributed by atoms with E-state index in [1.54, 1.807) is 6.92 Å². The molecule has 1 aliphatic carbocycles. The van der Waals surface area contributed by atoms with E-state index in [4.69, 9.17) is 9.16 Å². The second-order valence-corrected chi connectivity index (χ2v) is 15.3. The summed E-state index contributed by atoms with van der Waals surface area (Å²) < 4.78 is 16.6. The van der Waals surface area contributed by atoms with Crippen LogP contribution in [0.1, 0.15) is 67.2 Å². The van der Waals surface area contributed by atoms with Crippen LogP contribution in [0.4, 0.5) is 0 Å². The van der Waals surface area contributed by atoms with Gasteiger partial charge in [-0.05, 0) is 69.3 Å². The van der Waals surface area contributed by atoms with Crippen molar-refractivity contribution in [2.45, 2.75) is 91.5 Å². The zero-order chi connectivity index (χ0) is 25.6. The molecule has 0 spiro atoms. The van der Waals surface area contributed by atoms with Crippen molar-refractivity contribution in [2.75, 3.05) is 7.11 Å². The number of carbonyl (C=O) groups excluding carboxylic acids is 3. The highest BCUT2D eigenvalue weighted by atomic mass is 28.4. The van der Waals surface area contributed by atoms with E-state index in [9.17, 15) is 14.4 Å². The van der Waals surface area contributed by atoms with E-state index in [-0.39, 0.29) is 46.7 Å². The predicted molar refractivity (Wildman–Crippen MR) is 133 cm³/mol. The summed E-state index contributed by atoms with van der Waals surface area (Å²) in [6, 6.07) is 0. The molecule has 186 valence electrons. The minimum Gasteiger partial charge on any atom is -0.544 e. The first-order chi connectivity index (χ1) is 15.1. The molecule has 6 nitrogen and oxygen atoms in total. The molecular formula is C26H42O6Si. The van der Waals surface area contributed by atoms with Gasteiger partial charge in [-0.2, -0.15) is 0 Å². The monoisotopic (exact) mass is 478 g/mol. The highest BCUT2D eigenvalue weighted by Crippen LogP contribution is 2.41. The molecule has 0 saturated heterocycles. The van der Waals surface area contributed by atoms with Crippen molar-refractivity contribution >= 4 is 26.0 Å². The number of hydrogen-bond acceptors (Lipinski definition) is 6. The lowest BCUT2D eigenvalue weighted by Crippen LogP contribution is -2.40. The molecule has 0 aromatic heterocycles. The first-order valence-electron chi connectivity index (χ1n) is 11.6. The zero-order valence-electron chi connectivity index (χ0n) is 21.9. The normalized spacial score (nSPS) is 22.4. The third-order valence-corrected chi connectivity index (χ3v) is 11.2. The quantitative estimate of drug-likeness (QED) is 0.135. The maximum atomic E-state index is 12.8. The van der Waals surface area contributed by atoms with Crippen molar-refractivity contribution in [2.24, 2.45) is 11.8 Å². The van der Waals surface area contributed by atoms with Gasteiger partial charge in [0, 0.05) is 24.8 Å². The Kier molecular flexibility index (Phi) is 10.3. The number of esters is 2. The molecule has 0 aromatic carbocycles. The Morgan fingerprint density at radius 1 is 1.06 bits per heavy atom. The standard InChI is InChI=1S/C26H42O6Si/c1-17(14-19(3)32-33(9,10)26(5,6)7)22-12-11-13-24(31-20(4)27)23(22)16-21(28)15-18(2)25(29)30-8/h14-15,22-24H,3,11-13,16H2,1-2,4-10H3/b17-14+,18-15+/t22-,23-,24+/m0/s1. The van der Waals surface area contributed by atoms with Crippen LogP contribution in [0.15, 0.2) is 35.6 Å². The maximum Gasteiger partial charge on any atom is 0.333 e. The summed E-state index contributed by atoms with van der Waals surface area (Å²) in [5.74, 6) is -0.592. The highest BCUT2D eigenvalue weighted by molar-refractivity contribution is 6.74. The van der Waals surface area contributed by atoms with Gasteiger partial charge >= 0.3 is 11.9 Å². The molecule has 0 heterocycles. The van der Waals surface area contributed by atoms with E-state index in [1.807, 2.05) is 13.0 Å². The van der Waals surface area contributed by atoms with Gasteiger partial charge in [-0.1, -0.05) is 32.9 Å². The fraction of sp³-hybridized carbons (Fsp3) is 0.654. The number of methoxy groups -OCH3 is 1. The van der Waals surface area contributed by atoms with Gasteiger partial charge in [-0.15, -0.1) is 0 Å². The van der Waals surface area contributed by atoms with Crippen molar-refractivity contribution in [3.63, 3.8) is 0 Å². The molecule has 1 rings (SSSR count). The third kappa shape index (κ3) is 8.61. The van der Waals surface area contributed by atoms with Crippen LogP contribution in [-0.2, 0) is 28.3 Å². The Morgan fingerprint density at radius 2 is 1.67 bits per heavy atom. The van der Waals surface area contributed by atoms with Crippen molar-refractivity contribution in [1.82, 2.24) is 0 Å². The van der Waals surface area contributed by atoms with Crippen LogP contribution < -0.4 is 0 Å². The largest absolute Gasteiger partial charge is 0.544 e. The Labute approximate surface area is 200 Å². The number of rotatable bonds is 9. The molecule has 1 aliphatic rings. The van der Waals surface area contributed by atoms with E-state index in [0.29, 0.717) is 12.2 Å². The van der Waals surface area contributed by atoms with Gasteiger partial charge in [0.2, 0.25) is 8.32 Å². The fourth-order valence-corrected chi connectivity index (χ4v) is 5.07. The van der Waals surface area contributed by atoms with Crippen molar-refractivity contribution in [3.05, 3.63) is 35.6 Å². The average Bonchev–Trinajstić information content (AvgIpc) is 2.66. The Morgan fingerprint density at radius 3 is 2.18 bits per heavy atom. The Hall–Kier alpha value is -2.15. The van der Waals surface area contributed by atoms with E-state index in [2.05, 4.69) is 45.2 Å². The van der Waals surface area contributed by atoms with E-state index in [1.165, 1.54) is 20.1 Å². The molecule has 3 atom stereocenters. The van der Waals surface area contributed by atoms with Gasteiger partial charge in [0.15, 0.2) is 5.78 Å². The minimum atomic E-state index is -2.01. The molecule has 1 fully saturated rings. The van der Waals surface area contributed by atoms with Crippen LogP contribution in [-0.4, -0.2) is 39.3 Å². The van der Waals surface area contributed by atoms with Crippen LogP contribution in [0.2, 0.25) is 18.1 Å². The van der Waals surface area contributed by atoms with E-state index in [0.717, 1.165) is 18.4 Å². The second kappa shape index (κ2) is 11.8. The minimum absolute atomic E-state index is 0.0404. The summed E-state index contributed by atoms with van der Waals surface area (Å²) in [7, 11) is -0.732. The van der Waals surface area contributed by atoms with E-state index >= 15 is 0 Å². The van der Waals surface area contributed by atoms with Gasteiger partial charge in [-0.3, -0.25) is 9.59 Å². The van der Waals surface area contributed by atoms with Crippen LogP contribution >= 0.6 is 0 Å². The molecule has 0 bridgehead atoms. The number of carbonyl (C=O) groups is 3. The summed E-state index contributed by atoms with van der Waals surface area (Å²) in [5, 5.41) is 0.0573. The van der Waals surface area contributed by atoms with Gasteiger partial charge in [0.05, 0.1) is 12.9 Å². The number of hydrogen-bond donors (Lipinski definition) is 0. The molecule has 0 N–H and O–H groups in total. The Balaban J connectivity index is 3.16. The number of allylic oxidation sites excluding steroid dienone is 3. The van der Waals surface area contributed by atoms with Gasteiger partial charge in [0.25, 0.3) is 0 Å². The summed E-state index contributed by atoms with van der Waals surface area (Å²) in [5.41, 5.74) is 1.31. The Bertz CT molecular complexity index is 815. The third-order valence-electron chi connectivity index (χ3n) is 6.80. The van der Waals surface area contributed by atoms with Crippen LogP contribution in [0.5, 0.6) is 0 Å². The fourth-order valence-electron chi connectivity index (χ4n) is 4.05. The lowest BCUT2D eigenvalue weighted by Gasteiger charge is -2.39. The van der Waals surface area contributed by atoms with Crippen LogP contribution in [0.25, 0.3) is 0 Å². The maximum absolute atomic E-state index is 12.8. The lowest BCUT2D eigenvalue weighted by atomic mass is 9.71.